The molecule has 0 aliphatic carbocycles. The molecule has 2 heterocycles. The third kappa shape index (κ3) is 5.26. The molecule has 0 bridgehead atoms. The van der Waals surface area contributed by atoms with Gasteiger partial charge in [-0.3, -0.25) is 14.5 Å². The van der Waals surface area contributed by atoms with E-state index in [4.69, 9.17) is 0 Å². The van der Waals surface area contributed by atoms with Crippen molar-refractivity contribution in [2.24, 2.45) is 0 Å². The Balaban J connectivity index is 1.38. The smallest absolute Gasteiger partial charge is 0.236 e. The van der Waals surface area contributed by atoms with Crippen LogP contribution in [0.25, 0.3) is 0 Å². The quantitative estimate of drug-likeness (QED) is 0.880. The van der Waals surface area contributed by atoms with Gasteiger partial charge in [0.05, 0.1) is 13.0 Å². The third-order valence-corrected chi connectivity index (χ3v) is 5.02. The number of hydrogen-bond acceptors (Lipinski definition) is 3. The molecule has 1 aromatic rings. The highest BCUT2D eigenvalue weighted by Gasteiger charge is 2.25. The fourth-order valence-electron chi connectivity index (χ4n) is 3.60. The lowest BCUT2D eigenvalue weighted by molar-refractivity contribution is -0.132. The molecule has 25 heavy (non-hydrogen) atoms. The molecule has 2 fully saturated rings. The van der Waals surface area contributed by atoms with Crippen LogP contribution in [0.5, 0.6) is 0 Å². The second-order valence-electron chi connectivity index (χ2n) is 7.01. The molecule has 2 aliphatic rings. The molecular formula is C19H26FN3O2. The first-order valence-corrected chi connectivity index (χ1v) is 9.14. The van der Waals surface area contributed by atoms with E-state index in [1.807, 2.05) is 4.90 Å². The first-order valence-electron chi connectivity index (χ1n) is 9.14. The molecule has 136 valence electrons. The van der Waals surface area contributed by atoms with Gasteiger partial charge in [-0.05, 0) is 43.4 Å². The number of nitrogens with one attached hydrogen (secondary N) is 1. The number of amides is 2. The molecule has 0 saturated carbocycles. The minimum Gasteiger partial charge on any atom is -0.353 e. The van der Waals surface area contributed by atoms with Crippen LogP contribution in [0.4, 0.5) is 4.39 Å². The van der Waals surface area contributed by atoms with E-state index in [1.165, 1.54) is 12.1 Å². The number of benzene rings is 1. The highest BCUT2D eigenvalue weighted by atomic mass is 19.1. The van der Waals surface area contributed by atoms with Crippen molar-refractivity contribution in [2.75, 3.05) is 32.7 Å². The molecule has 2 aliphatic heterocycles. The zero-order chi connectivity index (χ0) is 17.6. The molecule has 0 spiro atoms. The normalized spacial score (nSPS) is 19.2. The Morgan fingerprint density at radius 1 is 1.12 bits per heavy atom. The molecule has 0 radical (unpaired) electrons. The summed E-state index contributed by atoms with van der Waals surface area (Å²) in [5.74, 6) is -0.162. The summed E-state index contributed by atoms with van der Waals surface area (Å²) < 4.78 is 13.2. The van der Waals surface area contributed by atoms with Gasteiger partial charge in [-0.2, -0.15) is 0 Å². The maximum absolute atomic E-state index is 13.2. The molecule has 6 heteroatoms. The topological polar surface area (TPSA) is 52.7 Å². The standard InChI is InChI=1S/C19H26FN3O2/c20-16-5-3-4-15(12-16)13-18(24)21-17-6-10-22(11-7-17)14-19(25)23-8-1-2-9-23/h3-5,12,17H,1-2,6-11,13-14H2,(H,21,24). The van der Waals surface area contributed by atoms with Crippen LogP contribution >= 0.6 is 0 Å². The Morgan fingerprint density at radius 3 is 2.52 bits per heavy atom. The average molecular weight is 347 g/mol. The van der Waals surface area contributed by atoms with Gasteiger partial charge in [-0.15, -0.1) is 0 Å². The summed E-state index contributed by atoms with van der Waals surface area (Å²) in [6.45, 7) is 3.93. The summed E-state index contributed by atoms with van der Waals surface area (Å²) in [6.07, 6.45) is 4.13. The highest BCUT2D eigenvalue weighted by Crippen LogP contribution is 2.13. The van der Waals surface area contributed by atoms with Crippen molar-refractivity contribution in [1.29, 1.82) is 0 Å². The van der Waals surface area contributed by atoms with Crippen LogP contribution in [0.2, 0.25) is 0 Å². The Kier molecular flexibility index (Phi) is 6.02. The molecule has 1 aromatic carbocycles. The van der Waals surface area contributed by atoms with Crippen LogP contribution in [0.1, 0.15) is 31.2 Å². The number of piperidine rings is 1. The first kappa shape index (κ1) is 17.9. The summed E-state index contributed by atoms with van der Waals surface area (Å²) in [5, 5.41) is 3.03. The van der Waals surface area contributed by atoms with Gasteiger partial charge in [0.1, 0.15) is 5.82 Å². The maximum atomic E-state index is 13.2. The van der Waals surface area contributed by atoms with Crippen LogP contribution in [-0.4, -0.2) is 60.4 Å². The molecule has 2 saturated heterocycles. The monoisotopic (exact) mass is 347 g/mol. The van der Waals surface area contributed by atoms with Crippen LogP contribution < -0.4 is 5.32 Å². The molecule has 2 amide bonds. The molecule has 0 aromatic heterocycles. The summed E-state index contributed by atoms with van der Waals surface area (Å²) in [6, 6.07) is 6.29. The zero-order valence-electron chi connectivity index (χ0n) is 14.5. The molecule has 5 nitrogen and oxygen atoms in total. The number of carbonyl (C=O) groups is 2. The van der Waals surface area contributed by atoms with Crippen molar-refractivity contribution < 1.29 is 14.0 Å². The van der Waals surface area contributed by atoms with Gasteiger partial charge in [0.25, 0.3) is 0 Å². The van der Waals surface area contributed by atoms with Gasteiger partial charge in [0.15, 0.2) is 0 Å². The number of hydrogen-bond donors (Lipinski definition) is 1. The van der Waals surface area contributed by atoms with E-state index in [9.17, 15) is 14.0 Å². The molecule has 1 N–H and O–H groups in total. The lowest BCUT2D eigenvalue weighted by atomic mass is 10.0. The van der Waals surface area contributed by atoms with Gasteiger partial charge in [0.2, 0.25) is 11.8 Å². The number of likely N-dealkylation sites (tertiary alicyclic amines) is 2. The lowest BCUT2D eigenvalue weighted by Crippen LogP contribution is -2.48. The summed E-state index contributed by atoms with van der Waals surface area (Å²) in [5.41, 5.74) is 0.686. The van der Waals surface area contributed by atoms with Gasteiger partial charge in [-0.1, -0.05) is 12.1 Å². The average Bonchev–Trinajstić information content (AvgIpc) is 3.11. The predicted octanol–water partition coefficient (Wildman–Crippen LogP) is 1.57. The van der Waals surface area contributed by atoms with Gasteiger partial charge >= 0.3 is 0 Å². The zero-order valence-corrected chi connectivity index (χ0v) is 14.5. The number of rotatable bonds is 5. The summed E-state index contributed by atoms with van der Waals surface area (Å²) in [4.78, 5) is 28.4. The third-order valence-electron chi connectivity index (χ3n) is 5.02. The Morgan fingerprint density at radius 2 is 1.84 bits per heavy atom. The van der Waals surface area contributed by atoms with Crippen molar-refractivity contribution in [3.63, 3.8) is 0 Å². The van der Waals surface area contributed by atoms with Crippen LogP contribution in [0.15, 0.2) is 24.3 Å². The van der Waals surface area contributed by atoms with E-state index < -0.39 is 0 Å². The van der Waals surface area contributed by atoms with Crippen molar-refractivity contribution in [3.8, 4) is 0 Å². The minimum absolute atomic E-state index is 0.0720. The minimum atomic E-state index is -0.318. The number of halogens is 1. The van der Waals surface area contributed by atoms with Crippen LogP contribution in [0, 0.1) is 5.82 Å². The fourth-order valence-corrected chi connectivity index (χ4v) is 3.60. The molecule has 0 unspecified atom stereocenters. The largest absolute Gasteiger partial charge is 0.353 e. The van der Waals surface area contributed by atoms with Crippen molar-refractivity contribution in [3.05, 3.63) is 35.6 Å². The molecular weight excluding hydrogens is 321 g/mol. The Bertz CT molecular complexity index is 608. The Labute approximate surface area is 148 Å². The van der Waals surface area contributed by atoms with E-state index in [2.05, 4.69) is 10.2 Å². The predicted molar refractivity (Wildman–Crippen MR) is 93.5 cm³/mol. The van der Waals surface area contributed by atoms with Crippen molar-refractivity contribution in [2.45, 2.75) is 38.1 Å². The van der Waals surface area contributed by atoms with Crippen LogP contribution in [-0.2, 0) is 16.0 Å². The summed E-state index contributed by atoms with van der Waals surface area (Å²) >= 11 is 0. The van der Waals surface area contributed by atoms with Crippen LogP contribution in [0.3, 0.4) is 0 Å². The highest BCUT2D eigenvalue weighted by molar-refractivity contribution is 5.79. The van der Waals surface area contributed by atoms with Crippen molar-refractivity contribution in [1.82, 2.24) is 15.1 Å². The van der Waals surface area contributed by atoms with E-state index in [0.717, 1.165) is 51.9 Å². The van der Waals surface area contributed by atoms with E-state index in [1.54, 1.807) is 12.1 Å². The SMILES string of the molecule is O=C(Cc1cccc(F)c1)NC1CCN(CC(=O)N2CCCC2)CC1. The Hall–Kier alpha value is -1.95. The van der Waals surface area contributed by atoms with Gasteiger partial charge < -0.3 is 10.2 Å². The maximum Gasteiger partial charge on any atom is 0.236 e. The molecule has 0 atom stereocenters. The first-order chi connectivity index (χ1) is 12.1. The number of nitrogens with zero attached hydrogens (tertiary/aromatic N) is 2. The second-order valence-corrected chi connectivity index (χ2v) is 7.01. The lowest BCUT2D eigenvalue weighted by Gasteiger charge is -2.32. The fraction of sp³-hybridized carbons (Fsp3) is 0.579. The summed E-state index contributed by atoms with van der Waals surface area (Å²) in [7, 11) is 0. The van der Waals surface area contributed by atoms with E-state index >= 15 is 0 Å². The van der Waals surface area contributed by atoms with E-state index in [0.29, 0.717) is 12.1 Å². The van der Waals surface area contributed by atoms with Crippen molar-refractivity contribution >= 4 is 11.8 Å². The second kappa shape index (κ2) is 8.43. The van der Waals surface area contributed by atoms with Gasteiger partial charge in [0, 0.05) is 32.2 Å². The molecule has 3 rings (SSSR count). The van der Waals surface area contributed by atoms with Gasteiger partial charge in [-0.25, -0.2) is 4.39 Å². The number of carbonyl (C=O) groups excluding carboxylic acids is 2. The van der Waals surface area contributed by atoms with E-state index in [-0.39, 0.29) is 30.1 Å².